The van der Waals surface area contributed by atoms with E-state index < -0.39 is 0 Å². The first kappa shape index (κ1) is 16.6. The van der Waals surface area contributed by atoms with Crippen molar-refractivity contribution >= 4 is 23.6 Å². The van der Waals surface area contributed by atoms with Gasteiger partial charge in [-0.05, 0) is 79.1 Å². The lowest BCUT2D eigenvalue weighted by molar-refractivity contribution is -0.111. The number of aryl methyl sites for hydroxylation is 2. The van der Waals surface area contributed by atoms with Gasteiger partial charge < -0.3 is 10.6 Å². The fourth-order valence-corrected chi connectivity index (χ4v) is 3.25. The fourth-order valence-electron chi connectivity index (χ4n) is 3.25. The van der Waals surface area contributed by atoms with Gasteiger partial charge in [0.15, 0.2) is 0 Å². The lowest BCUT2D eigenvalue weighted by Crippen LogP contribution is -2.25. The molecule has 0 aliphatic heterocycles. The minimum atomic E-state index is -0.154. The zero-order valence-electron chi connectivity index (χ0n) is 14.6. The summed E-state index contributed by atoms with van der Waals surface area (Å²) in [5, 5.41) is 5.87. The summed E-state index contributed by atoms with van der Waals surface area (Å²) in [5.74, 6) is -0.184. The number of benzene rings is 2. The highest BCUT2D eigenvalue weighted by molar-refractivity contribution is 6.02. The molecule has 4 rings (SSSR count). The smallest absolute Gasteiger partial charge is 0.251 e. The van der Waals surface area contributed by atoms with E-state index in [9.17, 15) is 9.59 Å². The average molecular weight is 346 g/mol. The first-order valence-corrected chi connectivity index (χ1v) is 9.19. The van der Waals surface area contributed by atoms with Crippen LogP contribution in [0.3, 0.4) is 0 Å². The van der Waals surface area contributed by atoms with E-state index in [4.69, 9.17) is 0 Å². The van der Waals surface area contributed by atoms with Crippen LogP contribution in [0.5, 0.6) is 0 Å². The van der Waals surface area contributed by atoms with Gasteiger partial charge in [-0.2, -0.15) is 0 Å². The molecule has 0 radical (unpaired) electrons. The number of hydrogen-bond acceptors (Lipinski definition) is 2. The zero-order valence-corrected chi connectivity index (χ0v) is 14.6. The largest absolute Gasteiger partial charge is 0.349 e. The van der Waals surface area contributed by atoms with E-state index in [-0.39, 0.29) is 11.8 Å². The van der Waals surface area contributed by atoms with Crippen molar-refractivity contribution in [1.29, 1.82) is 0 Å². The van der Waals surface area contributed by atoms with Gasteiger partial charge in [-0.25, -0.2) is 0 Å². The molecular formula is C22H22N2O2. The molecule has 2 aliphatic rings. The average Bonchev–Trinajstić information content (AvgIpc) is 3.34. The second-order valence-corrected chi connectivity index (χ2v) is 7.03. The van der Waals surface area contributed by atoms with E-state index in [1.807, 2.05) is 18.2 Å². The minimum absolute atomic E-state index is 0.0302. The number of rotatable bonds is 5. The summed E-state index contributed by atoms with van der Waals surface area (Å²) in [4.78, 5) is 24.1. The van der Waals surface area contributed by atoms with Gasteiger partial charge in [0.05, 0.1) is 0 Å². The van der Waals surface area contributed by atoms with Crippen molar-refractivity contribution in [2.75, 3.05) is 5.32 Å². The summed E-state index contributed by atoms with van der Waals surface area (Å²) < 4.78 is 0. The summed E-state index contributed by atoms with van der Waals surface area (Å²) in [5.41, 5.74) is 5.11. The first-order chi connectivity index (χ1) is 12.7. The molecule has 0 saturated heterocycles. The number of carbonyl (C=O) groups excluding carboxylic acids is 2. The van der Waals surface area contributed by atoms with Crippen LogP contribution in [0.4, 0.5) is 5.69 Å². The van der Waals surface area contributed by atoms with Crippen LogP contribution in [0.15, 0.2) is 48.5 Å². The highest BCUT2D eigenvalue weighted by Gasteiger charge is 2.23. The number of hydrogen-bond donors (Lipinski definition) is 2. The molecule has 2 aromatic rings. The highest BCUT2D eigenvalue weighted by atomic mass is 16.2. The molecule has 132 valence electrons. The fraction of sp³-hybridized carbons (Fsp3) is 0.273. The van der Waals surface area contributed by atoms with Crippen LogP contribution in [-0.2, 0) is 17.6 Å². The van der Waals surface area contributed by atoms with Crippen LogP contribution < -0.4 is 10.6 Å². The standard InChI is InChI=1S/C22H22N2O2/c25-21(23-20-10-9-16-2-1-3-18(16)14-20)13-6-15-4-7-17(8-5-15)22(26)24-19-11-12-19/h4-10,13-14,19H,1-3,11-12H2,(H,23,25)(H,24,26)/b13-6+. The predicted octanol–water partition coefficient (Wildman–Crippen LogP) is 3.72. The van der Waals surface area contributed by atoms with E-state index in [1.54, 1.807) is 18.2 Å². The van der Waals surface area contributed by atoms with Crippen molar-refractivity contribution < 1.29 is 9.59 Å². The van der Waals surface area contributed by atoms with Crippen molar-refractivity contribution in [3.05, 3.63) is 70.8 Å². The third kappa shape index (κ3) is 4.02. The van der Waals surface area contributed by atoms with Crippen molar-refractivity contribution in [3.8, 4) is 0 Å². The van der Waals surface area contributed by atoms with Crippen molar-refractivity contribution in [2.45, 2.75) is 38.1 Å². The molecule has 1 saturated carbocycles. The quantitative estimate of drug-likeness (QED) is 0.811. The monoisotopic (exact) mass is 346 g/mol. The molecule has 4 nitrogen and oxygen atoms in total. The maximum Gasteiger partial charge on any atom is 0.251 e. The third-order valence-electron chi connectivity index (χ3n) is 4.88. The minimum Gasteiger partial charge on any atom is -0.349 e. The van der Waals surface area contributed by atoms with Crippen LogP contribution in [0.1, 0.15) is 46.3 Å². The first-order valence-electron chi connectivity index (χ1n) is 9.19. The van der Waals surface area contributed by atoms with E-state index in [2.05, 4.69) is 22.8 Å². The number of amides is 2. The Hall–Kier alpha value is -2.88. The molecule has 2 N–H and O–H groups in total. The van der Waals surface area contributed by atoms with Crippen molar-refractivity contribution in [1.82, 2.24) is 5.32 Å². The van der Waals surface area contributed by atoms with Gasteiger partial charge in [0.25, 0.3) is 5.91 Å². The van der Waals surface area contributed by atoms with Gasteiger partial charge in [-0.3, -0.25) is 9.59 Å². The van der Waals surface area contributed by atoms with Crippen LogP contribution >= 0.6 is 0 Å². The summed E-state index contributed by atoms with van der Waals surface area (Å²) in [7, 11) is 0. The molecule has 2 aromatic carbocycles. The maximum atomic E-state index is 12.1. The number of nitrogens with one attached hydrogen (secondary N) is 2. The van der Waals surface area contributed by atoms with E-state index in [1.165, 1.54) is 23.6 Å². The Morgan fingerprint density at radius 3 is 2.50 bits per heavy atom. The van der Waals surface area contributed by atoms with Crippen LogP contribution in [0, 0.1) is 0 Å². The maximum absolute atomic E-state index is 12.1. The molecule has 0 aromatic heterocycles. The molecule has 1 fully saturated rings. The molecule has 0 bridgehead atoms. The Morgan fingerprint density at radius 1 is 0.962 bits per heavy atom. The molecule has 2 aliphatic carbocycles. The van der Waals surface area contributed by atoms with Gasteiger partial charge in [-0.15, -0.1) is 0 Å². The summed E-state index contributed by atoms with van der Waals surface area (Å²) in [6.45, 7) is 0. The molecule has 0 unspecified atom stereocenters. The highest BCUT2D eigenvalue weighted by Crippen LogP contribution is 2.25. The normalized spacial score (nSPS) is 15.7. The SMILES string of the molecule is O=C(/C=C/c1ccc(C(=O)NC2CC2)cc1)Nc1ccc2c(c1)CCC2. The number of carbonyl (C=O) groups is 2. The molecule has 0 spiro atoms. The van der Waals surface area contributed by atoms with Gasteiger partial charge in [0.1, 0.15) is 0 Å². The third-order valence-corrected chi connectivity index (χ3v) is 4.88. The van der Waals surface area contributed by atoms with E-state index >= 15 is 0 Å². The Kier molecular flexibility index (Phi) is 4.57. The summed E-state index contributed by atoms with van der Waals surface area (Å²) in [6, 6.07) is 13.8. The summed E-state index contributed by atoms with van der Waals surface area (Å²) in [6.07, 6.45) is 8.85. The lowest BCUT2D eigenvalue weighted by Gasteiger charge is -2.05. The van der Waals surface area contributed by atoms with E-state index in [0.29, 0.717) is 11.6 Å². The van der Waals surface area contributed by atoms with Crippen molar-refractivity contribution in [3.63, 3.8) is 0 Å². The Bertz CT molecular complexity index is 864. The number of fused-ring (bicyclic) bond motifs is 1. The van der Waals surface area contributed by atoms with Gasteiger partial charge >= 0.3 is 0 Å². The molecule has 4 heteroatoms. The van der Waals surface area contributed by atoms with Crippen molar-refractivity contribution in [2.24, 2.45) is 0 Å². The van der Waals surface area contributed by atoms with Crippen LogP contribution in [0.2, 0.25) is 0 Å². The molecule has 2 amide bonds. The Balaban J connectivity index is 1.34. The molecule has 26 heavy (non-hydrogen) atoms. The van der Waals surface area contributed by atoms with Crippen LogP contribution in [0.25, 0.3) is 6.08 Å². The molecular weight excluding hydrogens is 324 g/mol. The van der Waals surface area contributed by atoms with E-state index in [0.717, 1.165) is 36.9 Å². The Morgan fingerprint density at radius 2 is 1.73 bits per heavy atom. The lowest BCUT2D eigenvalue weighted by atomic mass is 10.1. The molecule has 0 atom stereocenters. The molecule has 0 heterocycles. The van der Waals surface area contributed by atoms with Gasteiger partial charge in [-0.1, -0.05) is 18.2 Å². The second-order valence-electron chi connectivity index (χ2n) is 7.03. The topological polar surface area (TPSA) is 58.2 Å². The predicted molar refractivity (Wildman–Crippen MR) is 103 cm³/mol. The van der Waals surface area contributed by atoms with Crippen LogP contribution in [-0.4, -0.2) is 17.9 Å². The van der Waals surface area contributed by atoms with Gasteiger partial charge in [0.2, 0.25) is 5.91 Å². The zero-order chi connectivity index (χ0) is 17.9. The summed E-state index contributed by atoms with van der Waals surface area (Å²) >= 11 is 0. The Labute approximate surface area is 153 Å². The number of anilines is 1. The second kappa shape index (κ2) is 7.16. The van der Waals surface area contributed by atoms with Gasteiger partial charge in [0, 0.05) is 23.4 Å².